The molecule has 18 heavy (non-hydrogen) atoms. The highest BCUT2D eigenvalue weighted by atomic mass is 35.5. The second kappa shape index (κ2) is 6.32. The first-order valence-corrected chi connectivity index (χ1v) is 5.75. The highest BCUT2D eigenvalue weighted by Crippen LogP contribution is 2.27. The van der Waals surface area contributed by atoms with Crippen molar-refractivity contribution in [3.05, 3.63) is 33.3 Å². The summed E-state index contributed by atoms with van der Waals surface area (Å²) >= 11 is 5.67. The third kappa shape index (κ3) is 3.97. The molecule has 0 spiro atoms. The van der Waals surface area contributed by atoms with Gasteiger partial charge < -0.3 is 11.1 Å². The van der Waals surface area contributed by atoms with E-state index in [1.165, 1.54) is 18.2 Å². The van der Waals surface area contributed by atoms with Crippen molar-refractivity contribution in [2.75, 3.05) is 11.9 Å². The number of carbonyl (C=O) groups excluding carboxylic acids is 1. The monoisotopic (exact) mass is 271 g/mol. The topological polar surface area (TPSA) is 98.3 Å². The van der Waals surface area contributed by atoms with Gasteiger partial charge in [0.2, 0.25) is 5.91 Å². The predicted octanol–water partition coefficient (Wildman–Crippen LogP) is 2.17. The van der Waals surface area contributed by atoms with Gasteiger partial charge in [0.05, 0.1) is 4.92 Å². The molecule has 1 atom stereocenters. The van der Waals surface area contributed by atoms with Crippen LogP contribution in [0.15, 0.2) is 18.2 Å². The van der Waals surface area contributed by atoms with E-state index < -0.39 is 4.92 Å². The van der Waals surface area contributed by atoms with Gasteiger partial charge in [0.25, 0.3) is 5.69 Å². The maximum atomic E-state index is 11.6. The summed E-state index contributed by atoms with van der Waals surface area (Å²) < 4.78 is 0. The van der Waals surface area contributed by atoms with Crippen LogP contribution in [0.5, 0.6) is 0 Å². The smallest absolute Gasteiger partial charge is 0.294 e. The molecule has 0 saturated carbocycles. The second-order valence-electron chi connectivity index (χ2n) is 4.01. The van der Waals surface area contributed by atoms with Crippen LogP contribution in [0.3, 0.4) is 0 Å². The molecule has 0 aliphatic rings. The molecule has 0 saturated heterocycles. The van der Waals surface area contributed by atoms with Crippen molar-refractivity contribution in [1.29, 1.82) is 0 Å². The van der Waals surface area contributed by atoms with E-state index >= 15 is 0 Å². The summed E-state index contributed by atoms with van der Waals surface area (Å²) in [7, 11) is 0. The molecule has 0 heterocycles. The van der Waals surface area contributed by atoms with E-state index in [1.54, 1.807) is 0 Å². The molecule has 7 heteroatoms. The number of nitrogens with one attached hydrogen (secondary N) is 1. The lowest BCUT2D eigenvalue weighted by molar-refractivity contribution is -0.383. The van der Waals surface area contributed by atoms with E-state index in [0.29, 0.717) is 6.54 Å². The van der Waals surface area contributed by atoms with Crippen molar-refractivity contribution in [2.45, 2.75) is 13.3 Å². The van der Waals surface area contributed by atoms with Gasteiger partial charge in [0.15, 0.2) is 0 Å². The Hall–Kier alpha value is -1.66. The second-order valence-corrected chi connectivity index (χ2v) is 4.45. The Balaban J connectivity index is 2.84. The zero-order valence-electron chi connectivity index (χ0n) is 9.85. The quantitative estimate of drug-likeness (QED) is 0.633. The molecular weight excluding hydrogens is 258 g/mol. The zero-order chi connectivity index (χ0) is 13.7. The van der Waals surface area contributed by atoms with Crippen molar-refractivity contribution in [3.63, 3.8) is 0 Å². The van der Waals surface area contributed by atoms with Crippen LogP contribution in [-0.4, -0.2) is 17.4 Å². The number of halogens is 1. The van der Waals surface area contributed by atoms with Gasteiger partial charge in [-0.15, -0.1) is 0 Å². The van der Waals surface area contributed by atoms with Crippen LogP contribution in [0.25, 0.3) is 0 Å². The Labute approximate surface area is 109 Å². The standard InChI is InChI=1S/C11H14ClN3O3/c1-7(6-13)4-11(16)14-9-3-2-8(12)5-10(9)15(17)18/h2-3,5,7H,4,6,13H2,1H3,(H,14,16). The molecule has 1 amide bonds. The molecule has 1 unspecified atom stereocenters. The number of hydrogen-bond donors (Lipinski definition) is 2. The third-order valence-electron chi connectivity index (χ3n) is 2.37. The summed E-state index contributed by atoms with van der Waals surface area (Å²) in [5.41, 5.74) is 5.32. The minimum absolute atomic E-state index is 0.0244. The zero-order valence-corrected chi connectivity index (χ0v) is 10.6. The number of nitrogens with zero attached hydrogens (tertiary/aromatic N) is 1. The van der Waals surface area contributed by atoms with Gasteiger partial charge in [0, 0.05) is 17.5 Å². The molecule has 0 fully saturated rings. The Morgan fingerprint density at radius 1 is 1.61 bits per heavy atom. The summed E-state index contributed by atoms with van der Waals surface area (Å²) in [5.74, 6) is -0.283. The van der Waals surface area contributed by atoms with Crippen LogP contribution in [0, 0.1) is 16.0 Å². The SMILES string of the molecule is CC(CN)CC(=O)Nc1ccc(Cl)cc1[N+](=O)[O-]. The van der Waals surface area contributed by atoms with E-state index in [0.717, 1.165) is 0 Å². The molecule has 1 aromatic carbocycles. The minimum Gasteiger partial charge on any atom is -0.330 e. The first-order chi connectivity index (χ1) is 8.43. The van der Waals surface area contributed by atoms with E-state index in [1.807, 2.05) is 6.92 Å². The summed E-state index contributed by atoms with van der Waals surface area (Å²) in [6, 6.07) is 4.09. The van der Waals surface area contributed by atoms with Crippen LogP contribution < -0.4 is 11.1 Å². The molecular formula is C11H14ClN3O3. The molecule has 0 aromatic heterocycles. The van der Waals surface area contributed by atoms with Gasteiger partial charge in [-0.05, 0) is 24.6 Å². The molecule has 0 bridgehead atoms. The highest BCUT2D eigenvalue weighted by Gasteiger charge is 2.17. The van der Waals surface area contributed by atoms with E-state index in [4.69, 9.17) is 17.3 Å². The number of hydrogen-bond acceptors (Lipinski definition) is 4. The number of nitro groups is 1. The third-order valence-corrected chi connectivity index (χ3v) is 2.60. The minimum atomic E-state index is -0.589. The fraction of sp³-hybridized carbons (Fsp3) is 0.364. The molecule has 0 radical (unpaired) electrons. The average molecular weight is 272 g/mol. The van der Waals surface area contributed by atoms with Gasteiger partial charge in [-0.3, -0.25) is 14.9 Å². The molecule has 3 N–H and O–H groups in total. The molecule has 6 nitrogen and oxygen atoms in total. The van der Waals surface area contributed by atoms with Gasteiger partial charge in [-0.1, -0.05) is 18.5 Å². The number of rotatable bonds is 5. The lowest BCUT2D eigenvalue weighted by Crippen LogP contribution is -2.20. The largest absolute Gasteiger partial charge is 0.330 e. The number of anilines is 1. The highest BCUT2D eigenvalue weighted by molar-refractivity contribution is 6.31. The number of nitrogens with two attached hydrogens (primary N) is 1. The van der Waals surface area contributed by atoms with Crippen molar-refractivity contribution in [2.24, 2.45) is 11.7 Å². The van der Waals surface area contributed by atoms with Crippen molar-refractivity contribution in [1.82, 2.24) is 0 Å². The Morgan fingerprint density at radius 3 is 2.83 bits per heavy atom. The maximum Gasteiger partial charge on any atom is 0.294 e. The number of nitro benzene ring substituents is 1. The van der Waals surface area contributed by atoms with Crippen LogP contribution in [-0.2, 0) is 4.79 Å². The van der Waals surface area contributed by atoms with Gasteiger partial charge in [-0.25, -0.2) is 0 Å². The number of carbonyl (C=O) groups is 1. The van der Waals surface area contributed by atoms with Crippen molar-refractivity contribution in [3.8, 4) is 0 Å². The summed E-state index contributed by atoms with van der Waals surface area (Å²) in [4.78, 5) is 21.8. The summed E-state index contributed by atoms with van der Waals surface area (Å²) in [5, 5.41) is 13.5. The van der Waals surface area contributed by atoms with Crippen LogP contribution in [0.2, 0.25) is 5.02 Å². The van der Waals surface area contributed by atoms with Crippen LogP contribution in [0.1, 0.15) is 13.3 Å². The Morgan fingerprint density at radius 2 is 2.28 bits per heavy atom. The van der Waals surface area contributed by atoms with Crippen LogP contribution in [0.4, 0.5) is 11.4 Å². The predicted molar refractivity (Wildman–Crippen MR) is 69.6 cm³/mol. The normalized spacial score (nSPS) is 11.9. The summed E-state index contributed by atoms with van der Waals surface area (Å²) in [6.45, 7) is 2.21. The first-order valence-electron chi connectivity index (χ1n) is 5.38. The molecule has 1 rings (SSSR count). The van der Waals surface area contributed by atoms with E-state index in [2.05, 4.69) is 5.32 Å². The Bertz CT molecular complexity index is 465. The first kappa shape index (κ1) is 14.4. The molecule has 98 valence electrons. The maximum absolute atomic E-state index is 11.6. The lowest BCUT2D eigenvalue weighted by Gasteiger charge is -2.09. The molecule has 1 aromatic rings. The summed E-state index contributed by atoms with van der Waals surface area (Å²) in [6.07, 6.45) is 0.219. The van der Waals surface area contributed by atoms with Gasteiger partial charge in [-0.2, -0.15) is 0 Å². The average Bonchev–Trinajstić information content (AvgIpc) is 2.30. The fourth-order valence-electron chi connectivity index (χ4n) is 1.36. The Kier molecular flexibility index (Phi) is 5.06. The van der Waals surface area contributed by atoms with Crippen molar-refractivity contribution >= 4 is 28.9 Å². The number of benzene rings is 1. The van der Waals surface area contributed by atoms with Crippen LogP contribution >= 0.6 is 11.6 Å². The van der Waals surface area contributed by atoms with Crippen molar-refractivity contribution < 1.29 is 9.72 Å². The van der Waals surface area contributed by atoms with E-state index in [-0.39, 0.29) is 34.6 Å². The van der Waals surface area contributed by atoms with E-state index in [9.17, 15) is 14.9 Å². The number of amides is 1. The van der Waals surface area contributed by atoms with Gasteiger partial charge in [0.1, 0.15) is 5.69 Å². The lowest BCUT2D eigenvalue weighted by atomic mass is 10.1. The fourth-order valence-corrected chi connectivity index (χ4v) is 1.53. The molecule has 0 aliphatic carbocycles. The van der Waals surface area contributed by atoms with Gasteiger partial charge >= 0.3 is 0 Å². The molecule has 0 aliphatic heterocycles.